The van der Waals surface area contributed by atoms with Gasteiger partial charge in [-0.3, -0.25) is 0 Å². The van der Waals surface area contributed by atoms with Gasteiger partial charge in [-0.05, 0) is 25.4 Å². The van der Waals surface area contributed by atoms with Crippen LogP contribution in [0.3, 0.4) is 0 Å². The van der Waals surface area contributed by atoms with E-state index in [1.54, 1.807) is 7.11 Å². The van der Waals surface area contributed by atoms with Crippen molar-refractivity contribution in [2.45, 2.75) is 19.4 Å². The third-order valence-electron chi connectivity index (χ3n) is 1.93. The highest BCUT2D eigenvalue weighted by molar-refractivity contribution is 7.98. The van der Waals surface area contributed by atoms with Crippen molar-refractivity contribution in [1.82, 2.24) is 5.32 Å². The first kappa shape index (κ1) is 14.2. The standard InChI is InChI=1S/C10H23NO2S/c1-10(4-9-14-3)11-5-6-13-8-7-12-2/h10-11H,4-9H2,1-3H3. The summed E-state index contributed by atoms with van der Waals surface area (Å²) in [6.07, 6.45) is 3.36. The first-order valence-electron chi connectivity index (χ1n) is 5.10. The molecule has 0 amide bonds. The number of rotatable bonds is 10. The van der Waals surface area contributed by atoms with E-state index in [0.717, 1.165) is 13.2 Å². The Morgan fingerprint density at radius 1 is 1.29 bits per heavy atom. The Bertz CT molecular complexity index is 114. The molecule has 0 aliphatic heterocycles. The van der Waals surface area contributed by atoms with Crippen LogP contribution in [0.1, 0.15) is 13.3 Å². The Kier molecular flexibility index (Phi) is 11.5. The second-order valence-corrected chi connectivity index (χ2v) is 4.23. The summed E-state index contributed by atoms with van der Waals surface area (Å²) >= 11 is 1.89. The van der Waals surface area contributed by atoms with E-state index < -0.39 is 0 Å². The number of hydrogen-bond donors (Lipinski definition) is 1. The molecule has 0 fully saturated rings. The molecule has 86 valence electrons. The number of nitrogens with one attached hydrogen (secondary N) is 1. The van der Waals surface area contributed by atoms with Gasteiger partial charge in [-0.25, -0.2) is 0 Å². The quantitative estimate of drug-likeness (QED) is 0.565. The van der Waals surface area contributed by atoms with Gasteiger partial charge in [-0.2, -0.15) is 11.8 Å². The molecule has 0 spiro atoms. The summed E-state index contributed by atoms with van der Waals surface area (Å²) in [4.78, 5) is 0. The van der Waals surface area contributed by atoms with Crippen molar-refractivity contribution in [3.63, 3.8) is 0 Å². The first-order valence-corrected chi connectivity index (χ1v) is 6.49. The van der Waals surface area contributed by atoms with E-state index in [0.29, 0.717) is 19.3 Å². The molecular formula is C10H23NO2S. The van der Waals surface area contributed by atoms with E-state index in [1.165, 1.54) is 12.2 Å². The van der Waals surface area contributed by atoms with E-state index in [4.69, 9.17) is 9.47 Å². The minimum absolute atomic E-state index is 0.591. The van der Waals surface area contributed by atoms with Crippen molar-refractivity contribution in [3.05, 3.63) is 0 Å². The molecule has 0 aliphatic rings. The van der Waals surface area contributed by atoms with E-state index in [2.05, 4.69) is 18.5 Å². The van der Waals surface area contributed by atoms with Crippen LogP contribution < -0.4 is 5.32 Å². The second-order valence-electron chi connectivity index (χ2n) is 3.24. The lowest BCUT2D eigenvalue weighted by Gasteiger charge is -2.12. The summed E-state index contributed by atoms with van der Waals surface area (Å²) in [6, 6.07) is 0.591. The summed E-state index contributed by atoms with van der Waals surface area (Å²) in [7, 11) is 1.69. The van der Waals surface area contributed by atoms with Crippen LogP contribution in [0, 0.1) is 0 Å². The molecule has 3 nitrogen and oxygen atoms in total. The molecule has 0 aromatic heterocycles. The number of hydrogen-bond acceptors (Lipinski definition) is 4. The van der Waals surface area contributed by atoms with Gasteiger partial charge < -0.3 is 14.8 Å². The van der Waals surface area contributed by atoms with Gasteiger partial charge in [0.25, 0.3) is 0 Å². The lowest BCUT2D eigenvalue weighted by atomic mass is 10.2. The highest BCUT2D eigenvalue weighted by Crippen LogP contribution is 1.99. The predicted molar refractivity (Wildman–Crippen MR) is 63.2 cm³/mol. The second kappa shape index (κ2) is 11.3. The third-order valence-corrected chi connectivity index (χ3v) is 2.57. The summed E-state index contributed by atoms with van der Waals surface area (Å²) in [5.74, 6) is 1.22. The van der Waals surface area contributed by atoms with Crippen LogP contribution in [0.15, 0.2) is 0 Å². The predicted octanol–water partition coefficient (Wildman–Crippen LogP) is 1.38. The lowest BCUT2D eigenvalue weighted by Crippen LogP contribution is -2.30. The van der Waals surface area contributed by atoms with E-state index in [1.807, 2.05) is 11.8 Å². The van der Waals surface area contributed by atoms with Gasteiger partial charge in [-0.1, -0.05) is 0 Å². The Balaban J connectivity index is 3.02. The van der Waals surface area contributed by atoms with Crippen molar-refractivity contribution >= 4 is 11.8 Å². The van der Waals surface area contributed by atoms with E-state index >= 15 is 0 Å². The van der Waals surface area contributed by atoms with E-state index in [-0.39, 0.29) is 0 Å². The van der Waals surface area contributed by atoms with Gasteiger partial charge in [-0.15, -0.1) is 0 Å². The number of thioether (sulfide) groups is 1. The molecule has 1 N–H and O–H groups in total. The van der Waals surface area contributed by atoms with Gasteiger partial charge in [0.05, 0.1) is 19.8 Å². The Morgan fingerprint density at radius 2 is 2.07 bits per heavy atom. The van der Waals surface area contributed by atoms with Crippen molar-refractivity contribution in [1.29, 1.82) is 0 Å². The summed E-state index contributed by atoms with van der Waals surface area (Å²) < 4.78 is 10.2. The zero-order chi connectivity index (χ0) is 10.6. The summed E-state index contributed by atoms with van der Waals surface area (Å²) in [6.45, 7) is 5.29. The molecule has 14 heavy (non-hydrogen) atoms. The average molecular weight is 221 g/mol. The third kappa shape index (κ3) is 10.3. The average Bonchev–Trinajstić information content (AvgIpc) is 2.20. The van der Waals surface area contributed by atoms with Gasteiger partial charge in [0.15, 0.2) is 0 Å². The maximum absolute atomic E-state index is 5.34. The fourth-order valence-electron chi connectivity index (χ4n) is 1.02. The molecule has 1 atom stereocenters. The molecule has 0 rings (SSSR count). The largest absolute Gasteiger partial charge is 0.382 e. The van der Waals surface area contributed by atoms with Crippen LogP contribution in [0.5, 0.6) is 0 Å². The highest BCUT2D eigenvalue weighted by Gasteiger charge is 1.99. The summed E-state index contributed by atoms with van der Waals surface area (Å²) in [5, 5.41) is 3.42. The molecular weight excluding hydrogens is 198 g/mol. The van der Waals surface area contributed by atoms with E-state index in [9.17, 15) is 0 Å². The fraction of sp³-hybridized carbons (Fsp3) is 1.00. The van der Waals surface area contributed by atoms with Gasteiger partial charge in [0.2, 0.25) is 0 Å². The molecule has 4 heteroatoms. The SMILES string of the molecule is COCCOCCNC(C)CCSC. The minimum Gasteiger partial charge on any atom is -0.382 e. The van der Waals surface area contributed by atoms with Crippen molar-refractivity contribution in [2.75, 3.05) is 45.5 Å². The Hall–Kier alpha value is 0.230. The molecule has 1 unspecified atom stereocenters. The molecule has 0 bridgehead atoms. The van der Waals surface area contributed by atoms with Crippen LogP contribution in [-0.2, 0) is 9.47 Å². The molecule has 0 saturated carbocycles. The van der Waals surface area contributed by atoms with Gasteiger partial charge in [0, 0.05) is 19.7 Å². The smallest absolute Gasteiger partial charge is 0.0700 e. The van der Waals surface area contributed by atoms with Gasteiger partial charge >= 0.3 is 0 Å². The molecule has 0 radical (unpaired) electrons. The Labute approximate surface area is 91.9 Å². The highest BCUT2D eigenvalue weighted by atomic mass is 32.2. The number of methoxy groups -OCH3 is 1. The normalized spacial score (nSPS) is 13.1. The van der Waals surface area contributed by atoms with Crippen molar-refractivity contribution in [3.8, 4) is 0 Å². The number of ether oxygens (including phenoxy) is 2. The van der Waals surface area contributed by atoms with Gasteiger partial charge in [0.1, 0.15) is 0 Å². The monoisotopic (exact) mass is 221 g/mol. The van der Waals surface area contributed by atoms with Crippen LogP contribution >= 0.6 is 11.8 Å². The maximum Gasteiger partial charge on any atom is 0.0700 e. The van der Waals surface area contributed by atoms with Crippen molar-refractivity contribution < 1.29 is 9.47 Å². The molecule has 0 aromatic carbocycles. The fourth-order valence-corrected chi connectivity index (χ4v) is 1.61. The zero-order valence-electron chi connectivity index (χ0n) is 9.54. The topological polar surface area (TPSA) is 30.5 Å². The molecule has 0 aliphatic carbocycles. The lowest BCUT2D eigenvalue weighted by molar-refractivity contribution is 0.0712. The molecule has 0 aromatic rings. The minimum atomic E-state index is 0.591. The zero-order valence-corrected chi connectivity index (χ0v) is 10.4. The molecule has 0 heterocycles. The van der Waals surface area contributed by atoms with Crippen LogP contribution in [0.4, 0.5) is 0 Å². The molecule has 0 saturated heterocycles. The van der Waals surface area contributed by atoms with Crippen molar-refractivity contribution in [2.24, 2.45) is 0 Å². The van der Waals surface area contributed by atoms with Crippen LogP contribution in [0.2, 0.25) is 0 Å². The van der Waals surface area contributed by atoms with Crippen LogP contribution in [0.25, 0.3) is 0 Å². The van der Waals surface area contributed by atoms with Crippen LogP contribution in [-0.4, -0.2) is 51.5 Å². The summed E-state index contributed by atoms with van der Waals surface area (Å²) in [5.41, 5.74) is 0. The first-order chi connectivity index (χ1) is 6.81. The maximum atomic E-state index is 5.34. The Morgan fingerprint density at radius 3 is 2.71 bits per heavy atom.